The van der Waals surface area contributed by atoms with E-state index in [1.54, 1.807) is 0 Å². The number of rotatable bonds is 13. The number of hydrogen-bond acceptors (Lipinski definition) is 10. The van der Waals surface area contributed by atoms with Crippen LogP contribution in [0.1, 0.15) is 65.3 Å². The average molecular weight is 514 g/mol. The predicted octanol–water partition coefficient (Wildman–Crippen LogP) is 1.60. The summed E-state index contributed by atoms with van der Waals surface area (Å²) in [6.07, 6.45) is 1.11. The molecule has 2 fully saturated rings. The van der Waals surface area contributed by atoms with Crippen LogP contribution in [0.4, 0.5) is 0 Å². The number of hydrogen-bond donors (Lipinski definition) is 5. The topological polar surface area (TPSA) is 151 Å². The fraction of sp³-hybridized carbons (Fsp3) is 0.840. The molecule has 0 spiro atoms. The summed E-state index contributed by atoms with van der Waals surface area (Å²) in [5.74, 6) is -2.38. The minimum atomic E-state index is -1.65. The molecule has 1 aromatic heterocycles. The van der Waals surface area contributed by atoms with Crippen molar-refractivity contribution in [1.82, 2.24) is 10.2 Å². The van der Waals surface area contributed by atoms with E-state index < -0.39 is 41.9 Å². The molecule has 1 saturated heterocycles. The van der Waals surface area contributed by atoms with Crippen molar-refractivity contribution in [2.45, 2.75) is 102 Å². The fourth-order valence-electron chi connectivity index (χ4n) is 5.26. The van der Waals surface area contributed by atoms with Crippen LogP contribution in [-0.2, 0) is 22.5 Å². The van der Waals surface area contributed by atoms with Crippen molar-refractivity contribution < 1.29 is 29.9 Å². The first kappa shape index (κ1) is 28.7. The van der Waals surface area contributed by atoms with E-state index in [1.165, 1.54) is 11.8 Å². The highest BCUT2D eigenvalue weighted by Gasteiger charge is 2.70. The molecule has 3 rings (SSSR count). The first-order chi connectivity index (χ1) is 16.3. The van der Waals surface area contributed by atoms with Gasteiger partial charge in [0.25, 0.3) is 0 Å². The third-order valence-corrected chi connectivity index (χ3v) is 8.30. The molecule has 1 aliphatic carbocycles. The quantitative estimate of drug-likeness (QED) is 0.263. The highest BCUT2D eigenvalue weighted by Crippen LogP contribution is 2.56. The zero-order chi connectivity index (χ0) is 26.0. The summed E-state index contributed by atoms with van der Waals surface area (Å²) in [6, 6.07) is 4.08. The summed E-state index contributed by atoms with van der Waals surface area (Å²) in [5, 5.41) is 49.0. The SMILES string of the molecule is CC(N)CCc1ccc(COC(C)(C)CC(C)(C)CCSC2OC3(O)C(CO)C(O)C(O)C23)nn1. The molecule has 10 heteroatoms. The lowest BCUT2D eigenvalue weighted by atomic mass is 9.79. The van der Waals surface area contributed by atoms with Gasteiger partial charge in [-0.05, 0) is 69.8 Å². The lowest BCUT2D eigenvalue weighted by Gasteiger charge is -2.49. The number of aliphatic hydroxyl groups is 4. The molecule has 0 radical (unpaired) electrons. The Morgan fingerprint density at radius 2 is 1.83 bits per heavy atom. The minimum Gasteiger partial charge on any atom is -0.396 e. The number of fused-ring (bicyclic) bond motifs is 1. The van der Waals surface area contributed by atoms with Gasteiger partial charge in [0.2, 0.25) is 0 Å². The van der Waals surface area contributed by atoms with Crippen molar-refractivity contribution in [1.29, 1.82) is 0 Å². The van der Waals surface area contributed by atoms with Crippen molar-refractivity contribution in [3.63, 3.8) is 0 Å². The van der Waals surface area contributed by atoms with E-state index in [0.717, 1.165) is 42.8 Å². The highest BCUT2D eigenvalue weighted by molar-refractivity contribution is 7.99. The van der Waals surface area contributed by atoms with Crippen molar-refractivity contribution in [2.75, 3.05) is 12.4 Å². The predicted molar refractivity (Wildman–Crippen MR) is 134 cm³/mol. The second-order valence-corrected chi connectivity index (χ2v) is 12.8. The normalized spacial score (nSPS) is 31.8. The Morgan fingerprint density at radius 3 is 2.43 bits per heavy atom. The molecule has 0 amide bonds. The van der Waals surface area contributed by atoms with Gasteiger partial charge >= 0.3 is 0 Å². The molecule has 1 aromatic rings. The maximum Gasteiger partial charge on any atom is 0.183 e. The zero-order valence-electron chi connectivity index (χ0n) is 21.6. The molecular weight excluding hydrogens is 470 g/mol. The Balaban J connectivity index is 1.42. The van der Waals surface area contributed by atoms with Crippen LogP contribution in [0.25, 0.3) is 0 Å². The van der Waals surface area contributed by atoms with Gasteiger partial charge in [0.05, 0.1) is 54.2 Å². The van der Waals surface area contributed by atoms with Gasteiger partial charge in [0.15, 0.2) is 5.79 Å². The van der Waals surface area contributed by atoms with Crippen LogP contribution in [0.3, 0.4) is 0 Å². The molecule has 0 bridgehead atoms. The minimum absolute atomic E-state index is 0.0214. The lowest BCUT2D eigenvalue weighted by molar-refractivity contribution is -0.355. The number of aromatic nitrogens is 2. The third-order valence-electron chi connectivity index (χ3n) is 7.14. The van der Waals surface area contributed by atoms with E-state index in [0.29, 0.717) is 6.61 Å². The molecule has 2 heterocycles. The van der Waals surface area contributed by atoms with E-state index in [9.17, 15) is 20.4 Å². The maximum atomic E-state index is 10.6. The van der Waals surface area contributed by atoms with Gasteiger partial charge in [0, 0.05) is 6.04 Å². The summed E-state index contributed by atoms with van der Waals surface area (Å²) in [7, 11) is 0. The molecule has 200 valence electrons. The van der Waals surface area contributed by atoms with Crippen LogP contribution in [0, 0.1) is 17.3 Å². The number of thioether (sulfide) groups is 1. The smallest absolute Gasteiger partial charge is 0.183 e. The third kappa shape index (κ3) is 6.93. The molecule has 6 N–H and O–H groups in total. The Kier molecular flexibility index (Phi) is 9.24. The number of aliphatic hydroxyl groups excluding tert-OH is 3. The summed E-state index contributed by atoms with van der Waals surface area (Å²) >= 11 is 1.52. The van der Waals surface area contributed by atoms with Gasteiger partial charge in [-0.3, -0.25) is 0 Å². The molecule has 1 saturated carbocycles. The summed E-state index contributed by atoms with van der Waals surface area (Å²) in [6.45, 7) is 10.5. The molecule has 7 unspecified atom stereocenters. The monoisotopic (exact) mass is 513 g/mol. The van der Waals surface area contributed by atoms with Gasteiger partial charge in [-0.2, -0.15) is 10.2 Å². The van der Waals surface area contributed by atoms with Crippen LogP contribution >= 0.6 is 11.8 Å². The maximum absolute atomic E-state index is 10.6. The summed E-state index contributed by atoms with van der Waals surface area (Å²) < 4.78 is 11.8. The van der Waals surface area contributed by atoms with Gasteiger partial charge in [-0.25, -0.2) is 0 Å². The van der Waals surface area contributed by atoms with E-state index >= 15 is 0 Å². The van der Waals surface area contributed by atoms with Crippen molar-refractivity contribution >= 4 is 11.8 Å². The Labute approximate surface area is 212 Å². The van der Waals surface area contributed by atoms with Crippen LogP contribution in [0.5, 0.6) is 0 Å². The van der Waals surface area contributed by atoms with Gasteiger partial charge < -0.3 is 35.6 Å². The average Bonchev–Trinajstić information content (AvgIpc) is 2.89. The zero-order valence-corrected chi connectivity index (χ0v) is 22.4. The van der Waals surface area contributed by atoms with E-state index in [-0.39, 0.29) is 17.1 Å². The van der Waals surface area contributed by atoms with Gasteiger partial charge in [-0.15, -0.1) is 11.8 Å². The summed E-state index contributed by atoms with van der Waals surface area (Å²) in [5.41, 5.74) is 6.74. The highest BCUT2D eigenvalue weighted by atomic mass is 32.2. The fourth-order valence-corrected chi connectivity index (χ4v) is 6.95. The van der Waals surface area contributed by atoms with Crippen LogP contribution in [0.15, 0.2) is 12.1 Å². The molecule has 2 aliphatic rings. The standard InChI is InChI=1S/C25H43N3O6S/c1-15(26)6-7-16-8-9-17(28-27-16)13-33-24(4,5)14-23(2,3)10-11-35-22-19-21(31)20(30)18(12-29)25(19,32)34-22/h8-9,15,18-22,29-32H,6-7,10-14,26H2,1-5H3. The van der Waals surface area contributed by atoms with Gasteiger partial charge in [-0.1, -0.05) is 13.8 Å². The van der Waals surface area contributed by atoms with Crippen LogP contribution < -0.4 is 5.73 Å². The number of ether oxygens (including phenoxy) is 2. The van der Waals surface area contributed by atoms with E-state index in [4.69, 9.17) is 15.2 Å². The Bertz CT molecular complexity index is 824. The van der Waals surface area contributed by atoms with Crippen molar-refractivity contribution in [2.24, 2.45) is 23.0 Å². The van der Waals surface area contributed by atoms with Crippen molar-refractivity contribution in [3.05, 3.63) is 23.5 Å². The number of nitrogens with zero attached hydrogens (tertiary/aromatic N) is 2. The summed E-state index contributed by atoms with van der Waals surface area (Å²) in [4.78, 5) is 0. The molecule has 0 aromatic carbocycles. The number of nitrogens with two attached hydrogens (primary N) is 1. The van der Waals surface area contributed by atoms with E-state index in [1.807, 2.05) is 19.1 Å². The molecule has 35 heavy (non-hydrogen) atoms. The number of aryl methyl sites for hydroxylation is 1. The Morgan fingerprint density at radius 1 is 1.17 bits per heavy atom. The molecular formula is C25H43N3O6S. The second kappa shape index (κ2) is 11.3. The van der Waals surface area contributed by atoms with Crippen molar-refractivity contribution in [3.8, 4) is 0 Å². The van der Waals surface area contributed by atoms with Gasteiger partial charge in [0.1, 0.15) is 5.44 Å². The Hall–Kier alpha value is -0.850. The largest absolute Gasteiger partial charge is 0.396 e. The lowest BCUT2D eigenvalue weighted by Crippen LogP contribution is -2.61. The molecule has 9 nitrogen and oxygen atoms in total. The molecule has 7 atom stereocenters. The second-order valence-electron chi connectivity index (χ2n) is 11.6. The van der Waals surface area contributed by atoms with Crippen LogP contribution in [-0.4, -0.2) is 78.1 Å². The first-order valence-electron chi connectivity index (χ1n) is 12.5. The first-order valence-corrected chi connectivity index (χ1v) is 13.5. The van der Waals surface area contributed by atoms with E-state index in [2.05, 4.69) is 37.9 Å². The molecule has 1 aliphatic heterocycles. The van der Waals surface area contributed by atoms with Crippen LogP contribution in [0.2, 0.25) is 0 Å².